The lowest BCUT2D eigenvalue weighted by molar-refractivity contribution is 0.100. The van der Waals surface area contributed by atoms with Crippen molar-refractivity contribution in [1.29, 1.82) is 0 Å². The van der Waals surface area contributed by atoms with Crippen molar-refractivity contribution in [2.75, 3.05) is 57.5 Å². The summed E-state index contributed by atoms with van der Waals surface area (Å²) in [4.78, 5) is 19.2. The van der Waals surface area contributed by atoms with Crippen LogP contribution in [0.3, 0.4) is 0 Å². The number of hydrogen-bond donors (Lipinski definition) is 2. The molecule has 0 spiro atoms. The molecule has 3 saturated heterocycles. The van der Waals surface area contributed by atoms with E-state index in [1.807, 2.05) is 19.9 Å². The van der Waals surface area contributed by atoms with Crippen molar-refractivity contribution in [2.24, 2.45) is 5.41 Å². The minimum absolute atomic E-state index is 0.00369. The van der Waals surface area contributed by atoms with Crippen LogP contribution in [0.2, 0.25) is 0 Å². The number of halogens is 1. The topological polar surface area (TPSA) is 113 Å². The zero-order valence-electron chi connectivity index (χ0n) is 27.4. The molecule has 0 saturated carbocycles. The molecule has 0 bridgehead atoms. The lowest BCUT2D eigenvalue weighted by Crippen LogP contribution is -2.45. The second kappa shape index (κ2) is 12.7. The van der Waals surface area contributed by atoms with Gasteiger partial charge in [-0.2, -0.15) is 15.1 Å². The number of H-pyrrole nitrogens is 1. The van der Waals surface area contributed by atoms with E-state index < -0.39 is 5.82 Å². The van der Waals surface area contributed by atoms with Crippen LogP contribution in [0.4, 0.5) is 10.2 Å². The zero-order chi connectivity index (χ0) is 31.9. The average Bonchev–Trinajstić information content (AvgIpc) is 3.81. The Labute approximate surface area is 269 Å². The molecule has 1 aromatic carbocycles. The molecule has 10 nitrogen and oxygen atoms in total. The Kier molecular flexibility index (Phi) is 8.58. The van der Waals surface area contributed by atoms with Crippen LogP contribution in [0.25, 0.3) is 33.1 Å². The summed E-state index contributed by atoms with van der Waals surface area (Å²) < 4.78 is 29.3. The van der Waals surface area contributed by atoms with E-state index in [1.54, 1.807) is 12.4 Å². The van der Waals surface area contributed by atoms with Gasteiger partial charge >= 0.3 is 6.01 Å². The monoisotopic (exact) mass is 631 g/mol. The van der Waals surface area contributed by atoms with Gasteiger partial charge in [0.15, 0.2) is 5.82 Å². The van der Waals surface area contributed by atoms with Crippen LogP contribution in [0, 0.1) is 18.2 Å². The second-order valence-electron chi connectivity index (χ2n) is 13.6. The van der Waals surface area contributed by atoms with Gasteiger partial charge < -0.3 is 19.5 Å². The van der Waals surface area contributed by atoms with Crippen molar-refractivity contribution in [3.63, 3.8) is 0 Å². The summed E-state index contributed by atoms with van der Waals surface area (Å²) in [6.07, 6.45) is 11.3. The molecule has 246 valence electrons. The van der Waals surface area contributed by atoms with Crippen LogP contribution in [0.1, 0.15) is 69.9 Å². The Bertz CT molecular complexity index is 1710. The zero-order valence-corrected chi connectivity index (χ0v) is 27.4. The number of fused-ring (bicyclic) bond motifs is 3. The van der Waals surface area contributed by atoms with Gasteiger partial charge in [0, 0.05) is 42.3 Å². The van der Waals surface area contributed by atoms with E-state index in [1.165, 1.54) is 0 Å². The van der Waals surface area contributed by atoms with Crippen molar-refractivity contribution < 1.29 is 19.0 Å². The number of anilines is 1. The first kappa shape index (κ1) is 31.2. The van der Waals surface area contributed by atoms with Crippen molar-refractivity contribution >= 4 is 27.6 Å². The number of ether oxygens (including phenoxy) is 2. The highest BCUT2D eigenvalue weighted by Crippen LogP contribution is 2.42. The smallest absolute Gasteiger partial charge is 0.319 e. The number of piperidine rings is 1. The number of pyridine rings is 1. The van der Waals surface area contributed by atoms with Gasteiger partial charge in [-0.15, -0.1) is 0 Å². The van der Waals surface area contributed by atoms with Gasteiger partial charge in [0.25, 0.3) is 0 Å². The molecule has 11 heteroatoms. The fourth-order valence-corrected chi connectivity index (χ4v) is 8.26. The molecular weight excluding hydrogens is 585 g/mol. The Morgan fingerprint density at radius 3 is 2.61 bits per heavy atom. The summed E-state index contributed by atoms with van der Waals surface area (Å²) >= 11 is 0. The molecule has 0 amide bonds. The number of benzene rings is 1. The Morgan fingerprint density at radius 1 is 1.04 bits per heavy atom. The lowest BCUT2D eigenvalue weighted by atomic mass is 9.78. The third kappa shape index (κ3) is 5.40. The van der Waals surface area contributed by atoms with Gasteiger partial charge in [0.1, 0.15) is 23.6 Å². The summed E-state index contributed by atoms with van der Waals surface area (Å²) in [7, 11) is 0. The Balaban J connectivity index is 1.36. The molecule has 7 rings (SSSR count). The Hall–Kier alpha value is -3.41. The number of hydrogen-bond acceptors (Lipinski definition) is 9. The predicted octanol–water partition coefficient (Wildman–Crippen LogP) is 5.59. The molecule has 3 aromatic heterocycles. The fraction of sp³-hybridized carbons (Fsp3) is 0.600. The third-order valence-corrected chi connectivity index (χ3v) is 11.0. The highest BCUT2D eigenvalue weighted by atomic mass is 19.1. The molecule has 0 radical (unpaired) electrons. The van der Waals surface area contributed by atoms with Crippen molar-refractivity contribution in [1.82, 2.24) is 30.0 Å². The number of rotatable bonds is 11. The van der Waals surface area contributed by atoms with Crippen LogP contribution in [0.5, 0.6) is 6.01 Å². The summed E-state index contributed by atoms with van der Waals surface area (Å²) in [6, 6.07) is 2.24. The third-order valence-electron chi connectivity index (χ3n) is 11.0. The van der Waals surface area contributed by atoms with Gasteiger partial charge in [-0.25, -0.2) is 4.39 Å². The SMILES string of the molecule is CCOCCc1c(C)cc2[nH]ncc2c1-c1ncc2c(N3CCCC(CC)(CO)C3)nc(OCC34CCCN3CCC4)nc2c1F. The molecule has 1 unspecified atom stereocenters. The van der Waals surface area contributed by atoms with Crippen molar-refractivity contribution in [2.45, 2.75) is 77.7 Å². The van der Waals surface area contributed by atoms with Crippen LogP contribution in [-0.2, 0) is 11.2 Å². The van der Waals surface area contributed by atoms with E-state index in [-0.39, 0.29) is 34.8 Å². The molecule has 2 N–H and O–H groups in total. The normalized spacial score (nSPS) is 21.5. The molecule has 0 aliphatic carbocycles. The van der Waals surface area contributed by atoms with Crippen LogP contribution >= 0.6 is 0 Å². The molecule has 6 heterocycles. The van der Waals surface area contributed by atoms with E-state index in [2.05, 4.69) is 26.9 Å². The van der Waals surface area contributed by atoms with E-state index in [0.717, 1.165) is 86.6 Å². The summed E-state index contributed by atoms with van der Waals surface area (Å²) in [5.41, 5.74) is 3.73. The molecule has 3 fully saturated rings. The lowest BCUT2D eigenvalue weighted by Gasteiger charge is -2.42. The maximum absolute atomic E-state index is 17.1. The highest BCUT2D eigenvalue weighted by molar-refractivity contribution is 5.99. The number of nitrogens with one attached hydrogen (secondary N) is 1. The first-order valence-electron chi connectivity index (χ1n) is 17.0. The van der Waals surface area contributed by atoms with Gasteiger partial charge in [-0.1, -0.05) is 6.92 Å². The maximum Gasteiger partial charge on any atom is 0.319 e. The molecule has 46 heavy (non-hydrogen) atoms. The molecule has 4 aromatic rings. The highest BCUT2D eigenvalue weighted by Gasteiger charge is 2.45. The Morgan fingerprint density at radius 2 is 1.85 bits per heavy atom. The molecule has 3 aliphatic heterocycles. The van der Waals surface area contributed by atoms with E-state index in [9.17, 15) is 5.11 Å². The summed E-state index contributed by atoms with van der Waals surface area (Å²) in [5.74, 6) is 0.115. The van der Waals surface area contributed by atoms with Crippen molar-refractivity contribution in [3.05, 3.63) is 35.4 Å². The van der Waals surface area contributed by atoms with E-state index >= 15 is 4.39 Å². The average molecular weight is 632 g/mol. The standard InChI is InChI=1S/C35H46FN7O3/c1-4-34(21-44)10-6-13-42(20-34)32-26-18-37-31(28-24(9-16-45-5-2)23(3)17-27-25(28)19-38-41-27)29(36)30(26)39-33(40-32)46-22-35-11-7-14-43(35)15-8-12-35/h17-19,44H,4-16,20-22H2,1-3H3,(H,38,41). The first-order chi connectivity index (χ1) is 22.4. The largest absolute Gasteiger partial charge is 0.461 e. The van der Waals surface area contributed by atoms with Gasteiger partial charge in [-0.3, -0.25) is 15.0 Å². The van der Waals surface area contributed by atoms with Gasteiger partial charge in [-0.05, 0) is 95.5 Å². The summed E-state index contributed by atoms with van der Waals surface area (Å²) in [5, 5.41) is 19.1. The first-order valence-corrected chi connectivity index (χ1v) is 17.0. The van der Waals surface area contributed by atoms with Crippen LogP contribution in [-0.4, -0.2) is 93.3 Å². The quantitative estimate of drug-likeness (QED) is 0.205. The number of aliphatic hydroxyl groups is 1. The van der Waals surface area contributed by atoms with Gasteiger partial charge in [0.05, 0.1) is 35.9 Å². The number of nitrogens with zero attached hydrogens (tertiary/aromatic N) is 6. The number of aliphatic hydroxyl groups excluding tert-OH is 1. The predicted molar refractivity (Wildman–Crippen MR) is 177 cm³/mol. The van der Waals surface area contributed by atoms with E-state index in [4.69, 9.17) is 24.4 Å². The maximum atomic E-state index is 17.1. The number of aromatic amines is 1. The number of aryl methyl sites for hydroxylation is 1. The minimum Gasteiger partial charge on any atom is -0.461 e. The van der Waals surface area contributed by atoms with Gasteiger partial charge in [0.2, 0.25) is 0 Å². The molecular formula is C35H46FN7O3. The second-order valence-corrected chi connectivity index (χ2v) is 13.6. The molecule has 1 atom stereocenters. The fourth-order valence-electron chi connectivity index (χ4n) is 8.26. The van der Waals surface area contributed by atoms with E-state index in [0.29, 0.717) is 49.6 Å². The van der Waals surface area contributed by atoms with Crippen LogP contribution < -0.4 is 9.64 Å². The van der Waals surface area contributed by atoms with Crippen LogP contribution in [0.15, 0.2) is 18.5 Å². The van der Waals surface area contributed by atoms with Crippen molar-refractivity contribution in [3.8, 4) is 17.3 Å². The number of aromatic nitrogens is 5. The minimum atomic E-state index is -0.501. The molecule has 3 aliphatic rings. The summed E-state index contributed by atoms with van der Waals surface area (Å²) in [6.45, 7) is 11.4.